The predicted molar refractivity (Wildman–Crippen MR) is 241 cm³/mol. The number of benzene rings is 7. The highest BCUT2D eigenvalue weighted by Gasteiger charge is 2.40. The minimum Gasteiger partial charge on any atom is -0.310 e. The molecule has 0 aromatic heterocycles. The Morgan fingerprint density at radius 2 is 1.16 bits per heavy atom. The van der Waals surface area contributed by atoms with Crippen LogP contribution in [0.5, 0.6) is 0 Å². The minimum atomic E-state index is -0.176. The second kappa shape index (κ2) is 13.9. The van der Waals surface area contributed by atoms with Crippen molar-refractivity contribution in [2.75, 3.05) is 4.90 Å². The van der Waals surface area contributed by atoms with Gasteiger partial charge in [0.05, 0.1) is 0 Å². The zero-order chi connectivity index (χ0) is 38.1. The van der Waals surface area contributed by atoms with Gasteiger partial charge in [-0.3, -0.25) is 0 Å². The highest BCUT2D eigenvalue weighted by Crippen LogP contribution is 2.55. The van der Waals surface area contributed by atoms with E-state index in [1.54, 1.807) is 0 Å². The number of nitrogens with zero attached hydrogens (tertiary/aromatic N) is 1. The molecular formula is C56H53N. The van der Waals surface area contributed by atoms with Gasteiger partial charge in [0.2, 0.25) is 0 Å². The molecule has 0 spiro atoms. The van der Waals surface area contributed by atoms with E-state index in [-0.39, 0.29) is 5.41 Å². The summed E-state index contributed by atoms with van der Waals surface area (Å²) in [6.07, 6.45) is 12.4. The van der Waals surface area contributed by atoms with Gasteiger partial charge in [-0.2, -0.15) is 0 Å². The fourth-order valence-corrected chi connectivity index (χ4v) is 11.8. The van der Waals surface area contributed by atoms with E-state index in [4.69, 9.17) is 0 Å². The van der Waals surface area contributed by atoms with Gasteiger partial charge in [-0.1, -0.05) is 155 Å². The molecule has 0 heterocycles. The largest absolute Gasteiger partial charge is 0.310 e. The fraction of sp³-hybridized carbons (Fsp3) is 0.286. The zero-order valence-electron chi connectivity index (χ0n) is 33.6. The Bertz CT molecular complexity index is 2590. The van der Waals surface area contributed by atoms with Crippen molar-refractivity contribution in [3.8, 4) is 33.4 Å². The maximum Gasteiger partial charge on any atom is 0.0468 e. The molecule has 282 valence electrons. The topological polar surface area (TPSA) is 3.24 Å². The Labute approximate surface area is 339 Å². The first kappa shape index (κ1) is 34.8. The molecular weight excluding hydrogens is 687 g/mol. The Hall–Kier alpha value is -5.40. The Balaban J connectivity index is 0.994. The summed E-state index contributed by atoms with van der Waals surface area (Å²) in [5.74, 6) is 3.24. The van der Waals surface area contributed by atoms with Gasteiger partial charge < -0.3 is 4.90 Å². The lowest BCUT2D eigenvalue weighted by molar-refractivity contribution is 0.420. The molecule has 3 saturated carbocycles. The van der Waals surface area contributed by atoms with Crippen molar-refractivity contribution < 1.29 is 0 Å². The summed E-state index contributed by atoms with van der Waals surface area (Å²) in [4.78, 5) is 2.53. The lowest BCUT2D eigenvalue weighted by atomic mass is 9.78. The van der Waals surface area contributed by atoms with Crippen molar-refractivity contribution in [3.63, 3.8) is 0 Å². The van der Waals surface area contributed by atoms with Crippen LogP contribution in [-0.4, -0.2) is 0 Å². The van der Waals surface area contributed by atoms with Crippen LogP contribution < -0.4 is 4.90 Å². The van der Waals surface area contributed by atoms with E-state index in [0.717, 1.165) is 17.8 Å². The first-order valence-electron chi connectivity index (χ1n) is 21.9. The highest BCUT2D eigenvalue weighted by molar-refractivity contribution is 5.93. The molecule has 2 bridgehead atoms. The van der Waals surface area contributed by atoms with Crippen LogP contribution in [0.15, 0.2) is 152 Å². The van der Waals surface area contributed by atoms with Gasteiger partial charge in [0.15, 0.2) is 0 Å². The third kappa shape index (κ3) is 6.05. The molecule has 7 aromatic rings. The summed E-state index contributed by atoms with van der Waals surface area (Å²) in [5.41, 5.74) is 17.2. The van der Waals surface area contributed by atoms with Crippen LogP contribution >= 0.6 is 0 Å². The van der Waals surface area contributed by atoms with E-state index >= 15 is 0 Å². The maximum atomic E-state index is 2.53. The molecule has 3 atom stereocenters. The summed E-state index contributed by atoms with van der Waals surface area (Å²) < 4.78 is 0. The quantitative estimate of drug-likeness (QED) is 0.157. The molecule has 3 unspecified atom stereocenters. The average molecular weight is 740 g/mol. The number of hydrogen-bond donors (Lipinski definition) is 0. The molecule has 11 rings (SSSR count). The summed E-state index contributed by atoms with van der Waals surface area (Å²) in [5, 5.41) is 2.66. The van der Waals surface area contributed by atoms with Crippen LogP contribution in [0.3, 0.4) is 0 Å². The van der Waals surface area contributed by atoms with Crippen molar-refractivity contribution in [2.24, 2.45) is 11.8 Å². The van der Waals surface area contributed by atoms with Crippen molar-refractivity contribution >= 4 is 27.8 Å². The van der Waals surface area contributed by atoms with E-state index < -0.39 is 0 Å². The molecule has 57 heavy (non-hydrogen) atoms. The first-order chi connectivity index (χ1) is 28.0. The number of rotatable bonds is 7. The Kier molecular flexibility index (Phi) is 8.50. The molecule has 0 N–H and O–H groups in total. The van der Waals surface area contributed by atoms with Gasteiger partial charge >= 0.3 is 0 Å². The van der Waals surface area contributed by atoms with E-state index in [1.807, 2.05) is 0 Å². The maximum absolute atomic E-state index is 2.53. The molecule has 4 aliphatic carbocycles. The van der Waals surface area contributed by atoms with Gasteiger partial charge in [0.1, 0.15) is 0 Å². The molecule has 0 saturated heterocycles. The molecule has 1 heteroatoms. The van der Waals surface area contributed by atoms with Gasteiger partial charge in [-0.25, -0.2) is 0 Å². The number of fused-ring (bicyclic) bond motifs is 6. The molecule has 3 fully saturated rings. The van der Waals surface area contributed by atoms with Gasteiger partial charge in [0.25, 0.3) is 0 Å². The number of anilines is 3. The molecule has 4 aliphatic rings. The second-order valence-corrected chi connectivity index (χ2v) is 18.4. The smallest absolute Gasteiger partial charge is 0.0468 e. The average Bonchev–Trinajstić information content (AvgIpc) is 3.97. The molecule has 7 aromatic carbocycles. The van der Waals surface area contributed by atoms with Crippen LogP contribution in [0.2, 0.25) is 0 Å². The van der Waals surface area contributed by atoms with Crippen LogP contribution in [0.25, 0.3) is 44.2 Å². The lowest BCUT2D eigenvalue weighted by Crippen LogP contribution is -2.17. The predicted octanol–water partition coefficient (Wildman–Crippen LogP) is 15.9. The van der Waals surface area contributed by atoms with E-state index in [1.165, 1.54) is 141 Å². The highest BCUT2D eigenvalue weighted by atomic mass is 15.1. The first-order valence-corrected chi connectivity index (χ1v) is 21.9. The van der Waals surface area contributed by atoms with E-state index in [9.17, 15) is 0 Å². The summed E-state index contributed by atoms with van der Waals surface area (Å²) in [6.45, 7) is 4.86. The Morgan fingerprint density at radius 3 is 1.93 bits per heavy atom. The third-order valence-corrected chi connectivity index (χ3v) is 14.7. The monoisotopic (exact) mass is 739 g/mol. The van der Waals surface area contributed by atoms with Crippen molar-refractivity contribution in [2.45, 2.75) is 88.9 Å². The van der Waals surface area contributed by atoms with Crippen LogP contribution in [-0.2, 0) is 5.41 Å². The third-order valence-electron chi connectivity index (χ3n) is 14.7. The minimum absolute atomic E-state index is 0.176. The molecule has 0 radical (unpaired) electrons. The van der Waals surface area contributed by atoms with E-state index in [0.29, 0.717) is 5.92 Å². The lowest BCUT2D eigenvalue weighted by Gasteiger charge is -2.29. The van der Waals surface area contributed by atoms with E-state index in [2.05, 4.69) is 170 Å². The van der Waals surface area contributed by atoms with Crippen molar-refractivity contribution in [3.05, 3.63) is 174 Å². The van der Waals surface area contributed by atoms with Crippen molar-refractivity contribution in [1.82, 2.24) is 0 Å². The molecule has 1 nitrogen and oxygen atoms in total. The number of hydrogen-bond acceptors (Lipinski definition) is 1. The summed E-state index contributed by atoms with van der Waals surface area (Å²) >= 11 is 0. The zero-order valence-corrected chi connectivity index (χ0v) is 33.6. The van der Waals surface area contributed by atoms with Crippen LogP contribution in [0.4, 0.5) is 17.1 Å². The SMILES string of the molecule is CC1(C)c2cc(N(c3ccc(C4CC5CCC4C5)cc3)c3ccc4ccc(C5CCCCC5)cc4c3)ccc2-c2cccc(-c3ccc(-c4ccccc4)cc3)c21. The van der Waals surface area contributed by atoms with Crippen LogP contribution in [0.1, 0.15) is 106 Å². The summed E-state index contributed by atoms with van der Waals surface area (Å²) in [6, 6.07) is 58.2. The second-order valence-electron chi connectivity index (χ2n) is 18.4. The van der Waals surface area contributed by atoms with Crippen LogP contribution in [0, 0.1) is 11.8 Å². The van der Waals surface area contributed by atoms with Gasteiger partial charge in [-0.05, 0) is 159 Å². The fourth-order valence-electron chi connectivity index (χ4n) is 11.8. The van der Waals surface area contributed by atoms with Crippen molar-refractivity contribution in [1.29, 1.82) is 0 Å². The normalized spacial score (nSPS) is 20.8. The van der Waals surface area contributed by atoms with Gasteiger partial charge in [0, 0.05) is 22.5 Å². The summed E-state index contributed by atoms with van der Waals surface area (Å²) in [7, 11) is 0. The Morgan fingerprint density at radius 1 is 0.474 bits per heavy atom. The molecule has 0 aliphatic heterocycles. The standard InChI is InChI=1S/C56H53N/c1-56(2)54-36-49(30-31-51(54)52-15-9-14-50(55(52)56)42-21-18-40(19-22-42)38-10-5-3-6-11-38)57(47-27-25-43(26-28-47)53-33-37-16-17-45(53)32-37)48-29-24-41-20-23-44(34-46(41)35-48)39-12-7-4-8-13-39/h3,5-6,9-11,14-15,18-31,34-37,39,45,53H,4,7-8,12-13,16-17,32-33H2,1-2H3. The molecule has 0 amide bonds. The van der Waals surface area contributed by atoms with Gasteiger partial charge in [-0.15, -0.1) is 0 Å².